The molecular formula is C10H12ClN3O2. The van der Waals surface area contributed by atoms with E-state index in [0.29, 0.717) is 23.8 Å². The van der Waals surface area contributed by atoms with Crippen LogP contribution in [0.4, 0.5) is 11.4 Å². The number of hydrogen-bond donors (Lipinski definition) is 1. The molecule has 5 nitrogen and oxygen atoms in total. The van der Waals surface area contributed by atoms with Crippen molar-refractivity contribution in [1.29, 1.82) is 0 Å². The van der Waals surface area contributed by atoms with Crippen molar-refractivity contribution in [2.75, 3.05) is 18.0 Å². The normalized spacial score (nSPS) is 20.1. The van der Waals surface area contributed by atoms with Gasteiger partial charge in [-0.15, -0.1) is 0 Å². The molecule has 1 heterocycles. The van der Waals surface area contributed by atoms with Gasteiger partial charge < -0.3 is 10.6 Å². The van der Waals surface area contributed by atoms with Crippen LogP contribution in [0.1, 0.15) is 6.42 Å². The molecule has 0 aromatic heterocycles. The molecule has 1 aromatic rings. The molecule has 0 spiro atoms. The topological polar surface area (TPSA) is 72.4 Å². The van der Waals surface area contributed by atoms with E-state index in [1.165, 1.54) is 6.07 Å². The number of nitro groups is 1. The number of nitrogens with zero attached hydrogens (tertiary/aromatic N) is 2. The van der Waals surface area contributed by atoms with Crippen LogP contribution in [-0.2, 0) is 0 Å². The van der Waals surface area contributed by atoms with Crippen molar-refractivity contribution in [1.82, 2.24) is 0 Å². The molecule has 1 aliphatic rings. The Bertz CT molecular complexity index is 425. The summed E-state index contributed by atoms with van der Waals surface area (Å²) in [5.74, 6) is 0. The van der Waals surface area contributed by atoms with Crippen LogP contribution in [0.3, 0.4) is 0 Å². The van der Waals surface area contributed by atoms with Crippen LogP contribution in [0.25, 0.3) is 0 Å². The van der Waals surface area contributed by atoms with Crippen LogP contribution < -0.4 is 10.6 Å². The third kappa shape index (κ3) is 1.96. The molecule has 6 heteroatoms. The standard InChI is InChI=1S/C10H12ClN3O2/c11-8-2-1-3-9(14(15)16)10(8)13-5-4-7(12)6-13/h1-3,7H,4-6,12H2. The van der Waals surface area contributed by atoms with E-state index in [1.54, 1.807) is 12.1 Å². The van der Waals surface area contributed by atoms with E-state index in [-0.39, 0.29) is 11.7 Å². The number of para-hydroxylation sites is 1. The SMILES string of the molecule is NC1CCN(c2c(Cl)cccc2[N+](=O)[O-])C1. The lowest BCUT2D eigenvalue weighted by Gasteiger charge is -2.19. The fourth-order valence-corrected chi connectivity index (χ4v) is 2.24. The van der Waals surface area contributed by atoms with Crippen LogP contribution in [0.5, 0.6) is 0 Å². The van der Waals surface area contributed by atoms with Crippen molar-refractivity contribution >= 4 is 23.0 Å². The van der Waals surface area contributed by atoms with Crippen molar-refractivity contribution in [2.24, 2.45) is 5.73 Å². The lowest BCUT2D eigenvalue weighted by Crippen LogP contribution is -2.26. The molecule has 1 aliphatic heterocycles. The van der Waals surface area contributed by atoms with Crippen molar-refractivity contribution < 1.29 is 4.92 Å². The number of nitrogens with two attached hydrogens (primary N) is 1. The highest BCUT2D eigenvalue weighted by molar-refractivity contribution is 6.33. The van der Waals surface area contributed by atoms with Crippen LogP contribution in [0.2, 0.25) is 5.02 Å². The first-order valence-electron chi connectivity index (χ1n) is 5.03. The Morgan fingerprint density at radius 2 is 2.31 bits per heavy atom. The molecule has 0 radical (unpaired) electrons. The minimum absolute atomic E-state index is 0.0431. The molecule has 16 heavy (non-hydrogen) atoms. The predicted molar refractivity (Wildman–Crippen MR) is 62.9 cm³/mol. The second kappa shape index (κ2) is 4.27. The predicted octanol–water partition coefficient (Wildman–Crippen LogP) is 1.79. The molecule has 0 bridgehead atoms. The van der Waals surface area contributed by atoms with Gasteiger partial charge in [-0.1, -0.05) is 17.7 Å². The average molecular weight is 242 g/mol. The second-order valence-corrected chi connectivity index (χ2v) is 4.27. The average Bonchev–Trinajstić information content (AvgIpc) is 2.64. The number of anilines is 1. The van der Waals surface area contributed by atoms with Crippen LogP contribution in [0.15, 0.2) is 18.2 Å². The molecule has 2 N–H and O–H groups in total. The second-order valence-electron chi connectivity index (χ2n) is 3.86. The van der Waals surface area contributed by atoms with Gasteiger partial charge in [0, 0.05) is 25.2 Å². The van der Waals surface area contributed by atoms with Crippen molar-refractivity contribution in [3.05, 3.63) is 33.3 Å². The summed E-state index contributed by atoms with van der Waals surface area (Å²) in [5.41, 5.74) is 6.32. The van der Waals surface area contributed by atoms with E-state index in [1.807, 2.05) is 4.90 Å². The Hall–Kier alpha value is -1.33. The number of hydrogen-bond acceptors (Lipinski definition) is 4. The third-order valence-corrected chi connectivity index (χ3v) is 3.01. The summed E-state index contributed by atoms with van der Waals surface area (Å²) in [4.78, 5) is 12.4. The molecule has 1 aromatic carbocycles. The monoisotopic (exact) mass is 241 g/mol. The van der Waals surface area contributed by atoms with Gasteiger partial charge >= 0.3 is 0 Å². The lowest BCUT2D eigenvalue weighted by molar-refractivity contribution is -0.384. The summed E-state index contributed by atoms with van der Waals surface area (Å²) in [7, 11) is 0. The Labute approximate surface area is 97.9 Å². The lowest BCUT2D eigenvalue weighted by atomic mass is 10.2. The minimum atomic E-state index is -0.412. The van der Waals surface area contributed by atoms with Crippen molar-refractivity contribution in [3.63, 3.8) is 0 Å². The zero-order valence-electron chi connectivity index (χ0n) is 8.60. The molecule has 1 saturated heterocycles. The Morgan fingerprint density at radius 1 is 1.56 bits per heavy atom. The van der Waals surface area contributed by atoms with Gasteiger partial charge in [0.1, 0.15) is 5.69 Å². The number of halogens is 1. The van der Waals surface area contributed by atoms with Gasteiger partial charge in [0.25, 0.3) is 5.69 Å². The first-order valence-corrected chi connectivity index (χ1v) is 5.41. The quantitative estimate of drug-likeness (QED) is 0.633. The van der Waals surface area contributed by atoms with Crippen LogP contribution >= 0.6 is 11.6 Å². The summed E-state index contributed by atoms with van der Waals surface area (Å²) in [5, 5.41) is 11.3. The smallest absolute Gasteiger partial charge is 0.294 e. The molecule has 1 unspecified atom stereocenters. The number of rotatable bonds is 2. The summed E-state index contributed by atoms with van der Waals surface area (Å²) in [6.07, 6.45) is 0.836. The Balaban J connectivity index is 2.42. The summed E-state index contributed by atoms with van der Waals surface area (Å²) in [6, 6.07) is 4.77. The fourth-order valence-electron chi connectivity index (χ4n) is 1.95. The molecule has 0 amide bonds. The van der Waals surface area contributed by atoms with Gasteiger partial charge in [0.2, 0.25) is 0 Å². The van der Waals surface area contributed by atoms with Crippen molar-refractivity contribution in [3.8, 4) is 0 Å². The van der Waals surface area contributed by atoms with Crippen molar-refractivity contribution in [2.45, 2.75) is 12.5 Å². The Morgan fingerprint density at radius 3 is 2.88 bits per heavy atom. The van der Waals surface area contributed by atoms with Crippen LogP contribution in [-0.4, -0.2) is 24.1 Å². The maximum Gasteiger partial charge on any atom is 0.294 e. The summed E-state index contributed by atoms with van der Waals surface area (Å²) < 4.78 is 0. The summed E-state index contributed by atoms with van der Waals surface area (Å²) in [6.45, 7) is 1.33. The maximum atomic E-state index is 10.9. The number of benzene rings is 1. The molecule has 86 valence electrons. The zero-order valence-corrected chi connectivity index (χ0v) is 9.35. The van der Waals surface area contributed by atoms with Crippen LogP contribution in [0, 0.1) is 10.1 Å². The van der Waals surface area contributed by atoms with E-state index < -0.39 is 4.92 Å². The molecule has 0 saturated carbocycles. The first kappa shape index (κ1) is 11.2. The van der Waals surface area contributed by atoms with Gasteiger partial charge in [-0.25, -0.2) is 0 Å². The van der Waals surface area contributed by atoms with Gasteiger partial charge in [-0.2, -0.15) is 0 Å². The molecular weight excluding hydrogens is 230 g/mol. The van der Waals surface area contributed by atoms with E-state index in [4.69, 9.17) is 17.3 Å². The summed E-state index contributed by atoms with van der Waals surface area (Å²) >= 11 is 6.01. The molecule has 2 rings (SSSR count). The van der Waals surface area contributed by atoms with E-state index in [0.717, 1.165) is 6.42 Å². The first-order chi connectivity index (χ1) is 7.59. The fraction of sp³-hybridized carbons (Fsp3) is 0.400. The van der Waals surface area contributed by atoms with E-state index >= 15 is 0 Å². The molecule has 0 aliphatic carbocycles. The van der Waals surface area contributed by atoms with E-state index in [2.05, 4.69) is 0 Å². The zero-order chi connectivity index (χ0) is 11.7. The Kier molecular flexibility index (Phi) is 2.98. The number of nitro benzene ring substituents is 1. The highest BCUT2D eigenvalue weighted by atomic mass is 35.5. The third-order valence-electron chi connectivity index (χ3n) is 2.70. The minimum Gasteiger partial charge on any atom is -0.363 e. The highest BCUT2D eigenvalue weighted by Crippen LogP contribution is 2.36. The van der Waals surface area contributed by atoms with Gasteiger partial charge in [0.15, 0.2) is 0 Å². The molecule has 1 atom stereocenters. The van der Waals surface area contributed by atoms with E-state index in [9.17, 15) is 10.1 Å². The van der Waals surface area contributed by atoms with Gasteiger partial charge in [-0.05, 0) is 12.5 Å². The van der Waals surface area contributed by atoms with Gasteiger partial charge in [0.05, 0.1) is 9.95 Å². The highest BCUT2D eigenvalue weighted by Gasteiger charge is 2.27. The maximum absolute atomic E-state index is 10.9. The molecule has 1 fully saturated rings. The largest absolute Gasteiger partial charge is 0.363 e. The van der Waals surface area contributed by atoms with Gasteiger partial charge in [-0.3, -0.25) is 10.1 Å².